The number of carbonyl (C=O) groups excluding carboxylic acids is 2. The maximum Gasteiger partial charge on any atom is 0.271 e. The Labute approximate surface area is 203 Å². The molecule has 0 bridgehead atoms. The first kappa shape index (κ1) is 25.6. The average molecular weight is 465 g/mol. The number of nitrogens with zero attached hydrogens (tertiary/aromatic N) is 2. The smallest absolute Gasteiger partial charge is 0.271 e. The summed E-state index contributed by atoms with van der Waals surface area (Å²) in [6, 6.07) is 7.49. The lowest BCUT2D eigenvalue weighted by atomic mass is 9.92. The fourth-order valence-electron chi connectivity index (χ4n) is 4.65. The Morgan fingerprint density at radius 1 is 1.03 bits per heavy atom. The third-order valence-electron chi connectivity index (χ3n) is 6.55. The summed E-state index contributed by atoms with van der Waals surface area (Å²) < 4.78 is 11.8. The van der Waals surface area contributed by atoms with Crippen LogP contribution in [0.25, 0.3) is 6.08 Å². The SMILES string of the molecule is CCCCCCCOc1ccc(/C=C2/C(=O)N(C3CCCC3)C(=O)C(C#N)=C2C)cc1OCC. The molecule has 1 heterocycles. The van der Waals surface area contributed by atoms with E-state index in [9.17, 15) is 14.9 Å². The predicted molar refractivity (Wildman–Crippen MR) is 132 cm³/mol. The van der Waals surface area contributed by atoms with E-state index in [4.69, 9.17) is 9.47 Å². The highest BCUT2D eigenvalue weighted by Gasteiger charge is 2.40. The highest BCUT2D eigenvalue weighted by Crippen LogP contribution is 2.35. The van der Waals surface area contributed by atoms with E-state index in [2.05, 4.69) is 6.92 Å². The van der Waals surface area contributed by atoms with E-state index in [1.807, 2.05) is 31.2 Å². The van der Waals surface area contributed by atoms with Gasteiger partial charge >= 0.3 is 0 Å². The molecular formula is C28H36N2O4. The van der Waals surface area contributed by atoms with Crippen LogP contribution in [-0.2, 0) is 9.59 Å². The van der Waals surface area contributed by atoms with Crippen molar-refractivity contribution in [1.29, 1.82) is 5.26 Å². The molecule has 1 aliphatic carbocycles. The molecule has 0 radical (unpaired) electrons. The van der Waals surface area contributed by atoms with Crippen molar-refractivity contribution in [3.8, 4) is 17.6 Å². The Hall–Kier alpha value is -3.07. The predicted octanol–water partition coefficient (Wildman–Crippen LogP) is 5.97. The molecule has 182 valence electrons. The van der Waals surface area contributed by atoms with Crippen LogP contribution in [-0.4, -0.2) is 36.0 Å². The maximum absolute atomic E-state index is 13.4. The largest absolute Gasteiger partial charge is 0.490 e. The number of amides is 2. The van der Waals surface area contributed by atoms with Crippen LogP contribution in [0.4, 0.5) is 0 Å². The van der Waals surface area contributed by atoms with E-state index in [1.54, 1.807) is 13.0 Å². The minimum Gasteiger partial charge on any atom is -0.490 e. The molecule has 0 aromatic heterocycles. The molecule has 3 rings (SSSR count). The molecule has 2 aliphatic rings. The van der Waals surface area contributed by atoms with E-state index in [0.717, 1.165) is 44.1 Å². The molecular weight excluding hydrogens is 428 g/mol. The molecule has 6 nitrogen and oxygen atoms in total. The quantitative estimate of drug-likeness (QED) is 0.229. The van der Waals surface area contributed by atoms with Crippen molar-refractivity contribution in [3.63, 3.8) is 0 Å². The normalized spacial score (nSPS) is 18.1. The van der Waals surface area contributed by atoms with Gasteiger partial charge in [-0.1, -0.05) is 51.5 Å². The van der Waals surface area contributed by atoms with Gasteiger partial charge in [0.15, 0.2) is 11.5 Å². The van der Waals surface area contributed by atoms with Crippen molar-refractivity contribution >= 4 is 17.9 Å². The Kier molecular flexibility index (Phi) is 9.33. The second kappa shape index (κ2) is 12.4. The molecule has 0 saturated heterocycles. The van der Waals surface area contributed by atoms with Crippen LogP contribution in [0.5, 0.6) is 11.5 Å². The van der Waals surface area contributed by atoms with E-state index in [1.165, 1.54) is 24.2 Å². The monoisotopic (exact) mass is 464 g/mol. The van der Waals surface area contributed by atoms with Crippen molar-refractivity contribution in [3.05, 3.63) is 40.5 Å². The van der Waals surface area contributed by atoms with Crippen LogP contribution in [0.2, 0.25) is 0 Å². The van der Waals surface area contributed by atoms with E-state index in [0.29, 0.717) is 35.9 Å². The van der Waals surface area contributed by atoms with Crippen LogP contribution in [0.3, 0.4) is 0 Å². The number of ether oxygens (including phenoxy) is 2. The first-order valence-corrected chi connectivity index (χ1v) is 12.6. The minimum absolute atomic E-state index is 0.0470. The molecule has 6 heteroatoms. The first-order valence-electron chi connectivity index (χ1n) is 12.6. The van der Waals surface area contributed by atoms with Crippen LogP contribution < -0.4 is 9.47 Å². The average Bonchev–Trinajstić information content (AvgIpc) is 3.35. The molecule has 1 fully saturated rings. The van der Waals surface area contributed by atoms with E-state index in [-0.39, 0.29) is 17.5 Å². The lowest BCUT2D eigenvalue weighted by Gasteiger charge is -2.32. The molecule has 1 saturated carbocycles. The Morgan fingerprint density at radius 3 is 2.44 bits per heavy atom. The summed E-state index contributed by atoms with van der Waals surface area (Å²) >= 11 is 0. The molecule has 1 aliphatic heterocycles. The number of benzene rings is 1. The number of nitriles is 1. The Balaban J connectivity index is 1.85. The summed E-state index contributed by atoms with van der Waals surface area (Å²) in [5.74, 6) is 0.521. The Morgan fingerprint density at radius 2 is 1.76 bits per heavy atom. The van der Waals surface area contributed by atoms with E-state index < -0.39 is 5.91 Å². The van der Waals surface area contributed by atoms with Gasteiger partial charge in [0, 0.05) is 11.6 Å². The van der Waals surface area contributed by atoms with Gasteiger partial charge in [-0.15, -0.1) is 0 Å². The van der Waals surface area contributed by atoms with Crippen molar-refractivity contribution in [2.45, 2.75) is 84.6 Å². The zero-order chi connectivity index (χ0) is 24.5. The van der Waals surface area contributed by atoms with Gasteiger partial charge in [0.05, 0.1) is 13.2 Å². The number of unbranched alkanes of at least 4 members (excludes halogenated alkanes) is 4. The second-order valence-corrected chi connectivity index (χ2v) is 8.99. The third-order valence-corrected chi connectivity index (χ3v) is 6.55. The van der Waals surface area contributed by atoms with Gasteiger partial charge in [-0.3, -0.25) is 14.5 Å². The number of carbonyl (C=O) groups is 2. The third kappa shape index (κ3) is 5.88. The number of hydrogen-bond acceptors (Lipinski definition) is 5. The van der Waals surface area contributed by atoms with Gasteiger partial charge < -0.3 is 9.47 Å². The van der Waals surface area contributed by atoms with Crippen LogP contribution in [0, 0.1) is 11.3 Å². The minimum atomic E-state index is -0.466. The lowest BCUT2D eigenvalue weighted by Crippen LogP contribution is -2.47. The standard InChI is InChI=1S/C28H36N2O4/c1-4-6-7-8-11-16-34-25-15-14-21(18-26(25)33-5-2)17-23-20(3)24(19-29)28(32)30(27(23)31)22-12-9-10-13-22/h14-15,17-18,22H,4-13,16H2,1-3H3/b23-17+. The molecule has 34 heavy (non-hydrogen) atoms. The summed E-state index contributed by atoms with van der Waals surface area (Å²) in [6.07, 6.45) is 11.1. The summed E-state index contributed by atoms with van der Waals surface area (Å²) in [4.78, 5) is 27.6. The van der Waals surface area contributed by atoms with Crippen molar-refractivity contribution in [2.75, 3.05) is 13.2 Å². The molecule has 0 N–H and O–H groups in total. The van der Waals surface area contributed by atoms with Gasteiger partial charge in [-0.25, -0.2) is 0 Å². The Bertz CT molecular complexity index is 996. The zero-order valence-corrected chi connectivity index (χ0v) is 20.7. The molecule has 1 aromatic carbocycles. The number of hydrogen-bond donors (Lipinski definition) is 0. The van der Waals surface area contributed by atoms with Gasteiger partial charge in [0.1, 0.15) is 11.6 Å². The fourth-order valence-corrected chi connectivity index (χ4v) is 4.65. The van der Waals surface area contributed by atoms with Crippen LogP contribution in [0.1, 0.15) is 84.1 Å². The van der Waals surface area contributed by atoms with Crippen molar-refractivity contribution in [1.82, 2.24) is 4.90 Å². The van der Waals surface area contributed by atoms with Gasteiger partial charge in [-0.2, -0.15) is 5.26 Å². The van der Waals surface area contributed by atoms with Crippen molar-refractivity contribution in [2.24, 2.45) is 0 Å². The molecule has 0 unspecified atom stereocenters. The van der Waals surface area contributed by atoms with Gasteiger partial charge in [0.2, 0.25) is 0 Å². The summed E-state index contributed by atoms with van der Waals surface area (Å²) in [6.45, 7) is 6.92. The van der Waals surface area contributed by atoms with Gasteiger partial charge in [-0.05, 0) is 62.5 Å². The second-order valence-electron chi connectivity index (χ2n) is 8.99. The number of imide groups is 1. The summed E-state index contributed by atoms with van der Waals surface area (Å²) in [5.41, 5.74) is 1.62. The molecule has 2 amide bonds. The summed E-state index contributed by atoms with van der Waals surface area (Å²) in [7, 11) is 0. The summed E-state index contributed by atoms with van der Waals surface area (Å²) in [5, 5.41) is 9.63. The highest BCUT2D eigenvalue weighted by molar-refractivity contribution is 6.19. The van der Waals surface area contributed by atoms with Crippen LogP contribution >= 0.6 is 0 Å². The number of rotatable bonds is 11. The van der Waals surface area contributed by atoms with Gasteiger partial charge in [0.25, 0.3) is 11.8 Å². The topological polar surface area (TPSA) is 79.6 Å². The molecule has 1 aromatic rings. The van der Waals surface area contributed by atoms with Crippen molar-refractivity contribution < 1.29 is 19.1 Å². The van der Waals surface area contributed by atoms with E-state index >= 15 is 0 Å². The van der Waals surface area contributed by atoms with Crippen LogP contribution in [0.15, 0.2) is 34.9 Å². The lowest BCUT2D eigenvalue weighted by molar-refractivity contribution is -0.143. The molecule has 0 spiro atoms. The fraction of sp³-hybridized carbons (Fsp3) is 0.536. The maximum atomic E-state index is 13.4. The zero-order valence-electron chi connectivity index (χ0n) is 20.7. The molecule has 0 atom stereocenters. The highest BCUT2D eigenvalue weighted by atomic mass is 16.5. The first-order chi connectivity index (χ1) is 16.5.